The molecule has 0 amide bonds. The van der Waals surface area contributed by atoms with Crippen molar-refractivity contribution in [2.45, 2.75) is 143 Å². The smallest absolute Gasteiger partial charge is 0.432 e. The van der Waals surface area contributed by atoms with E-state index in [-0.39, 0.29) is 18.4 Å². The van der Waals surface area contributed by atoms with Gasteiger partial charge in [-0.3, -0.25) is 0 Å². The second-order valence-electron chi connectivity index (χ2n) is 13.4. The van der Waals surface area contributed by atoms with Crippen LogP contribution in [0.15, 0.2) is 88.6 Å². The van der Waals surface area contributed by atoms with Gasteiger partial charge < -0.3 is 14.6 Å². The number of aliphatic hydroxyl groups is 1. The number of alkyl halides is 3. The summed E-state index contributed by atoms with van der Waals surface area (Å²) in [6.07, 6.45) is 11.8. The second kappa shape index (κ2) is 20.5. The minimum absolute atomic E-state index is 0.163. The molecule has 0 fully saturated rings. The predicted molar refractivity (Wildman–Crippen MR) is 188 cm³/mol. The largest absolute Gasteiger partial charge is 0.457 e. The van der Waals surface area contributed by atoms with Crippen molar-refractivity contribution in [2.24, 2.45) is 0 Å². The van der Waals surface area contributed by atoms with Crippen LogP contribution in [0, 0.1) is 0 Å². The van der Waals surface area contributed by atoms with E-state index >= 15 is 0 Å². The first-order valence-corrected chi connectivity index (χ1v) is 16.8. The van der Waals surface area contributed by atoms with Gasteiger partial charge in [0.2, 0.25) is 0 Å². The minimum Gasteiger partial charge on any atom is -0.457 e. The Kier molecular flexibility index (Phi) is 18.3. The van der Waals surface area contributed by atoms with Crippen LogP contribution in [0.2, 0.25) is 0 Å². The van der Waals surface area contributed by atoms with Crippen LogP contribution in [-0.2, 0) is 19.9 Å². The van der Waals surface area contributed by atoms with Crippen LogP contribution < -0.4 is 0 Å². The highest BCUT2D eigenvalue weighted by Gasteiger charge is 2.64. The van der Waals surface area contributed by atoms with E-state index in [1.807, 2.05) is 26.8 Å². The molecule has 0 aliphatic carbocycles. The Morgan fingerprint density at radius 1 is 0.745 bits per heavy atom. The Balaban J connectivity index is 2.99. The highest BCUT2D eigenvalue weighted by molar-refractivity contribution is 5.83. The van der Waals surface area contributed by atoms with Gasteiger partial charge >= 0.3 is 12.1 Å². The van der Waals surface area contributed by atoms with E-state index in [1.54, 1.807) is 6.07 Å². The number of hydrogen-bond donors (Lipinski definition) is 1. The van der Waals surface area contributed by atoms with E-state index in [0.29, 0.717) is 12.8 Å². The van der Waals surface area contributed by atoms with Crippen LogP contribution >= 0.6 is 0 Å². The molecular formula is C40H59F3O4. The van der Waals surface area contributed by atoms with E-state index in [2.05, 4.69) is 52.0 Å². The summed E-state index contributed by atoms with van der Waals surface area (Å²) in [7, 11) is 0.845. The standard InChI is InChI=1S/C40H59F3O4/c1-30(2)18-15-22-33(6)24-16-23-32(5)20-13-14-21-34(7)27-28-36(38(8,45)29-17-19-31(3)4)47-37(44)39(46-9,40(41,42)43)35-25-11-10-12-26-35/h10-12,18-21,24-26,36,45H,13-17,22-23,27-29H2,1-9H3/b32-20+,33-24+,34-21+/t36-,38-,39-/m1/s1. The van der Waals surface area contributed by atoms with Crippen LogP contribution in [-0.4, -0.2) is 36.1 Å². The molecule has 1 rings (SSSR count). The SMILES string of the molecule is CO[C@@](C(=O)O[C@H](CC/C(C)=C/CC/C=C(\C)CC/C=C(\C)CCC=C(C)C)[C@](C)(O)CCC=C(C)C)(c1ccccc1)C(F)(F)F. The molecule has 0 aromatic heterocycles. The lowest BCUT2D eigenvalue weighted by molar-refractivity contribution is -0.281. The summed E-state index contributed by atoms with van der Waals surface area (Å²) in [5.41, 5.74) is 0.910. The van der Waals surface area contributed by atoms with E-state index in [9.17, 15) is 23.1 Å². The lowest BCUT2D eigenvalue weighted by Crippen LogP contribution is -2.54. The van der Waals surface area contributed by atoms with Gasteiger partial charge in [-0.25, -0.2) is 4.79 Å². The van der Waals surface area contributed by atoms with Crippen molar-refractivity contribution >= 4 is 5.97 Å². The lowest BCUT2D eigenvalue weighted by Gasteiger charge is -2.37. The molecule has 0 radical (unpaired) electrons. The first-order valence-electron chi connectivity index (χ1n) is 16.8. The first-order chi connectivity index (χ1) is 22.0. The Hall–Kier alpha value is -2.90. The Labute approximate surface area is 282 Å². The quantitative estimate of drug-likeness (QED) is 0.0859. The van der Waals surface area contributed by atoms with Gasteiger partial charge in [-0.05, 0) is 120 Å². The summed E-state index contributed by atoms with van der Waals surface area (Å²) < 4.78 is 54.2. The number of halogens is 3. The highest BCUT2D eigenvalue weighted by atomic mass is 19.4. The number of ether oxygens (including phenoxy) is 2. The van der Waals surface area contributed by atoms with E-state index in [4.69, 9.17) is 9.47 Å². The third-order valence-electron chi connectivity index (χ3n) is 8.40. The molecule has 0 aliphatic rings. The van der Waals surface area contributed by atoms with Gasteiger partial charge in [-0.1, -0.05) is 88.6 Å². The molecular weight excluding hydrogens is 601 g/mol. The average Bonchev–Trinajstić information content (AvgIpc) is 2.97. The van der Waals surface area contributed by atoms with Crippen molar-refractivity contribution in [3.63, 3.8) is 0 Å². The van der Waals surface area contributed by atoms with Gasteiger partial charge in [0, 0.05) is 12.7 Å². The molecule has 0 saturated heterocycles. The second-order valence-corrected chi connectivity index (χ2v) is 13.4. The van der Waals surface area contributed by atoms with Gasteiger partial charge in [-0.2, -0.15) is 13.2 Å². The maximum absolute atomic E-state index is 14.6. The molecule has 0 saturated carbocycles. The summed E-state index contributed by atoms with van der Waals surface area (Å²) in [5.74, 6) is -1.59. The number of hydrogen-bond acceptors (Lipinski definition) is 4. The number of carbonyl (C=O) groups excluding carboxylic acids is 1. The summed E-state index contributed by atoms with van der Waals surface area (Å²) >= 11 is 0. The van der Waals surface area contributed by atoms with Crippen molar-refractivity contribution < 1.29 is 32.5 Å². The number of esters is 1. The van der Waals surface area contributed by atoms with E-state index in [0.717, 1.165) is 56.8 Å². The fraction of sp³-hybridized carbons (Fsp3) is 0.575. The van der Waals surface area contributed by atoms with Crippen molar-refractivity contribution in [2.75, 3.05) is 7.11 Å². The molecule has 4 nitrogen and oxygen atoms in total. The van der Waals surface area contributed by atoms with Crippen molar-refractivity contribution in [3.05, 3.63) is 94.1 Å². The zero-order valence-electron chi connectivity index (χ0n) is 30.2. The summed E-state index contributed by atoms with van der Waals surface area (Å²) in [4.78, 5) is 13.5. The molecule has 47 heavy (non-hydrogen) atoms. The lowest BCUT2D eigenvalue weighted by atomic mass is 9.88. The number of methoxy groups -OCH3 is 1. The summed E-state index contributed by atoms with van der Waals surface area (Å²) in [6, 6.07) is 6.75. The fourth-order valence-corrected chi connectivity index (χ4v) is 5.37. The zero-order valence-corrected chi connectivity index (χ0v) is 30.2. The Bertz CT molecular complexity index is 1240. The van der Waals surface area contributed by atoms with Crippen LogP contribution in [0.3, 0.4) is 0 Å². The fourth-order valence-electron chi connectivity index (χ4n) is 5.37. The topological polar surface area (TPSA) is 55.8 Å². The number of rotatable bonds is 20. The minimum atomic E-state index is -5.10. The maximum atomic E-state index is 14.6. The van der Waals surface area contributed by atoms with Crippen LogP contribution in [0.1, 0.15) is 125 Å². The Morgan fingerprint density at radius 3 is 1.70 bits per heavy atom. The predicted octanol–water partition coefficient (Wildman–Crippen LogP) is 11.4. The van der Waals surface area contributed by atoms with E-state index in [1.165, 1.54) is 47.9 Å². The molecule has 0 unspecified atom stereocenters. The number of unbranched alkanes of at least 4 members (excludes halogenated alkanes) is 1. The van der Waals surface area contributed by atoms with E-state index < -0.39 is 29.5 Å². The molecule has 0 aliphatic heterocycles. The highest BCUT2D eigenvalue weighted by Crippen LogP contribution is 2.44. The molecule has 1 N–H and O–H groups in total. The third-order valence-corrected chi connectivity index (χ3v) is 8.40. The number of allylic oxidation sites excluding steroid dienone is 10. The van der Waals surface area contributed by atoms with Gasteiger partial charge in [-0.15, -0.1) is 0 Å². The maximum Gasteiger partial charge on any atom is 0.432 e. The molecule has 3 atom stereocenters. The molecule has 1 aromatic carbocycles. The Morgan fingerprint density at radius 2 is 1.21 bits per heavy atom. The van der Waals surface area contributed by atoms with Gasteiger partial charge in [0.15, 0.2) is 0 Å². The van der Waals surface area contributed by atoms with Gasteiger partial charge in [0.05, 0.1) is 5.60 Å². The van der Waals surface area contributed by atoms with Crippen molar-refractivity contribution in [1.29, 1.82) is 0 Å². The first kappa shape index (κ1) is 42.1. The summed E-state index contributed by atoms with van der Waals surface area (Å²) in [6.45, 7) is 15.9. The van der Waals surface area contributed by atoms with Crippen molar-refractivity contribution in [3.8, 4) is 0 Å². The van der Waals surface area contributed by atoms with Gasteiger partial charge in [0.1, 0.15) is 6.10 Å². The van der Waals surface area contributed by atoms with Gasteiger partial charge in [0.25, 0.3) is 5.60 Å². The molecule has 0 spiro atoms. The normalized spacial score (nSPS) is 16.1. The number of benzene rings is 1. The van der Waals surface area contributed by atoms with Crippen LogP contribution in [0.25, 0.3) is 0 Å². The molecule has 264 valence electrons. The third kappa shape index (κ3) is 14.8. The van der Waals surface area contributed by atoms with Crippen LogP contribution in [0.5, 0.6) is 0 Å². The van der Waals surface area contributed by atoms with Crippen molar-refractivity contribution in [1.82, 2.24) is 0 Å². The number of carbonyl (C=O) groups is 1. The van der Waals surface area contributed by atoms with Crippen LogP contribution in [0.4, 0.5) is 13.2 Å². The average molecular weight is 661 g/mol. The zero-order chi connectivity index (χ0) is 35.7. The molecule has 7 heteroatoms. The molecule has 1 aromatic rings. The molecule has 0 heterocycles. The summed E-state index contributed by atoms with van der Waals surface area (Å²) in [5, 5.41) is 11.4. The molecule has 0 bridgehead atoms. The monoisotopic (exact) mass is 660 g/mol.